The average molecular weight is 421 g/mol. The molecule has 156 valence electrons. The van der Waals surface area contributed by atoms with Gasteiger partial charge in [0.15, 0.2) is 12.6 Å². The van der Waals surface area contributed by atoms with Crippen LogP contribution in [0, 0.1) is 0 Å². The molecule has 0 aromatic heterocycles. The molecule has 0 bridgehead atoms. The number of ether oxygens (including phenoxy) is 4. The molecule has 2 N–H and O–H groups in total. The first kappa shape index (κ1) is 20.8. The molecule has 2 aliphatic heterocycles. The van der Waals surface area contributed by atoms with Crippen LogP contribution in [0.1, 0.15) is 37.6 Å². The highest BCUT2D eigenvalue weighted by molar-refractivity contribution is 6.30. The van der Waals surface area contributed by atoms with Crippen LogP contribution in [-0.2, 0) is 18.9 Å². The molecule has 29 heavy (non-hydrogen) atoms. The Morgan fingerprint density at radius 1 is 1.00 bits per heavy atom. The van der Waals surface area contributed by atoms with Gasteiger partial charge in [0.1, 0.15) is 23.4 Å². The van der Waals surface area contributed by atoms with Crippen molar-refractivity contribution in [1.29, 1.82) is 0 Å². The van der Waals surface area contributed by atoms with Crippen molar-refractivity contribution in [2.45, 2.75) is 49.8 Å². The lowest BCUT2D eigenvalue weighted by Crippen LogP contribution is -2.72. The van der Waals surface area contributed by atoms with Crippen molar-refractivity contribution >= 4 is 11.6 Å². The van der Waals surface area contributed by atoms with Crippen LogP contribution in [0.5, 0.6) is 0 Å². The second-order valence-corrected chi connectivity index (χ2v) is 8.17. The van der Waals surface area contributed by atoms with Gasteiger partial charge in [-0.1, -0.05) is 54.1 Å². The Labute approximate surface area is 174 Å². The molecule has 0 amide bonds. The van der Waals surface area contributed by atoms with Crippen molar-refractivity contribution in [3.63, 3.8) is 0 Å². The lowest BCUT2D eigenvalue weighted by Gasteiger charge is -2.59. The Bertz CT molecular complexity index is 831. The van der Waals surface area contributed by atoms with Gasteiger partial charge in [-0.3, -0.25) is 0 Å². The van der Waals surface area contributed by atoms with Crippen molar-refractivity contribution < 1.29 is 29.2 Å². The number of hydrogen-bond donors (Lipinski definition) is 2. The maximum absolute atomic E-state index is 10.7. The van der Waals surface area contributed by atoms with E-state index < -0.39 is 42.6 Å². The van der Waals surface area contributed by atoms with Gasteiger partial charge in [0.25, 0.3) is 0 Å². The van der Waals surface area contributed by atoms with Crippen LogP contribution < -0.4 is 0 Å². The molecule has 2 aromatic rings. The Kier molecular flexibility index (Phi) is 5.70. The van der Waals surface area contributed by atoms with Crippen LogP contribution >= 0.6 is 11.6 Å². The zero-order valence-corrected chi connectivity index (χ0v) is 17.1. The topological polar surface area (TPSA) is 77.4 Å². The Morgan fingerprint density at radius 3 is 2.31 bits per heavy atom. The highest BCUT2D eigenvalue weighted by Gasteiger charge is 2.63. The van der Waals surface area contributed by atoms with E-state index in [0.717, 1.165) is 11.1 Å². The predicted octanol–water partition coefficient (Wildman–Crippen LogP) is 3.37. The van der Waals surface area contributed by atoms with Gasteiger partial charge >= 0.3 is 0 Å². The molecular formula is C22H25ClO6. The summed E-state index contributed by atoms with van der Waals surface area (Å²) in [7, 11) is 0. The first-order chi connectivity index (χ1) is 13.9. The van der Waals surface area contributed by atoms with Gasteiger partial charge in [0.2, 0.25) is 0 Å². The zero-order valence-electron chi connectivity index (χ0n) is 16.3. The second kappa shape index (κ2) is 7.96. The average Bonchev–Trinajstić information content (AvgIpc) is 2.74. The van der Waals surface area contributed by atoms with Gasteiger partial charge in [-0.2, -0.15) is 0 Å². The van der Waals surface area contributed by atoms with Crippen LogP contribution in [0.3, 0.4) is 0 Å². The van der Waals surface area contributed by atoms with Crippen molar-refractivity contribution in [2.75, 3.05) is 13.2 Å². The number of aliphatic hydroxyl groups is 2. The highest BCUT2D eigenvalue weighted by atomic mass is 35.5. The first-order valence-corrected chi connectivity index (χ1v) is 9.97. The van der Waals surface area contributed by atoms with E-state index in [1.807, 2.05) is 37.3 Å². The van der Waals surface area contributed by atoms with Crippen molar-refractivity contribution in [3.8, 4) is 0 Å². The summed E-state index contributed by atoms with van der Waals surface area (Å²) in [5.41, 5.74) is -0.728. The molecule has 6 atom stereocenters. The van der Waals surface area contributed by atoms with E-state index in [2.05, 4.69) is 0 Å². The highest BCUT2D eigenvalue weighted by Crippen LogP contribution is 2.50. The molecule has 0 radical (unpaired) electrons. The molecule has 0 saturated carbocycles. The van der Waals surface area contributed by atoms with Gasteiger partial charge in [0, 0.05) is 16.1 Å². The molecule has 0 spiro atoms. The van der Waals surface area contributed by atoms with Gasteiger partial charge in [-0.15, -0.1) is 0 Å². The molecule has 4 rings (SSSR count). The fraction of sp³-hybridized carbons (Fsp3) is 0.455. The third-order valence-electron chi connectivity index (χ3n) is 6.01. The monoisotopic (exact) mass is 420 g/mol. The number of rotatable bonds is 4. The lowest BCUT2D eigenvalue weighted by atomic mass is 9.75. The molecule has 0 aliphatic carbocycles. The maximum atomic E-state index is 10.7. The molecule has 2 aromatic carbocycles. The second-order valence-electron chi connectivity index (χ2n) is 7.73. The van der Waals surface area contributed by atoms with E-state index in [1.54, 1.807) is 31.2 Å². The van der Waals surface area contributed by atoms with Crippen molar-refractivity contribution in [3.05, 3.63) is 70.7 Å². The Balaban J connectivity index is 1.68. The SMILES string of the molecule is C[C@]1([C@H](O)CO)OC(c2ccc(Cl)cc2)O[C@H]2COC(c3ccccc3)O[C@]21C. The van der Waals surface area contributed by atoms with Gasteiger partial charge in [-0.25, -0.2) is 0 Å². The summed E-state index contributed by atoms with van der Waals surface area (Å²) in [6, 6.07) is 16.7. The summed E-state index contributed by atoms with van der Waals surface area (Å²) in [6.07, 6.45) is -3.12. The summed E-state index contributed by atoms with van der Waals surface area (Å²) in [4.78, 5) is 0. The first-order valence-electron chi connectivity index (χ1n) is 9.59. The van der Waals surface area contributed by atoms with Crippen LogP contribution in [0.15, 0.2) is 54.6 Å². The number of fused-ring (bicyclic) bond motifs is 1. The number of aliphatic hydroxyl groups excluding tert-OH is 2. The quantitative estimate of drug-likeness (QED) is 0.789. The van der Waals surface area contributed by atoms with E-state index in [1.165, 1.54) is 0 Å². The third kappa shape index (κ3) is 3.59. The smallest absolute Gasteiger partial charge is 0.185 e. The van der Waals surface area contributed by atoms with E-state index in [9.17, 15) is 10.2 Å². The van der Waals surface area contributed by atoms with Crippen molar-refractivity contribution in [2.24, 2.45) is 0 Å². The van der Waals surface area contributed by atoms with E-state index in [0.29, 0.717) is 5.02 Å². The Hall–Kier alpha value is -1.51. The molecule has 2 aliphatic rings. The Morgan fingerprint density at radius 2 is 1.66 bits per heavy atom. The summed E-state index contributed by atoms with van der Waals surface area (Å²) in [5, 5.41) is 21.1. The van der Waals surface area contributed by atoms with Crippen molar-refractivity contribution in [1.82, 2.24) is 0 Å². The van der Waals surface area contributed by atoms with Crippen LogP contribution in [0.4, 0.5) is 0 Å². The molecular weight excluding hydrogens is 396 g/mol. The van der Waals surface area contributed by atoms with Crippen LogP contribution in [0.25, 0.3) is 0 Å². The predicted molar refractivity (Wildman–Crippen MR) is 106 cm³/mol. The maximum Gasteiger partial charge on any atom is 0.185 e. The van der Waals surface area contributed by atoms with Gasteiger partial charge < -0.3 is 29.2 Å². The minimum absolute atomic E-state index is 0.247. The van der Waals surface area contributed by atoms with Crippen LogP contribution in [-0.4, -0.2) is 46.8 Å². The normalized spacial score (nSPS) is 35.7. The molecule has 2 saturated heterocycles. The zero-order chi connectivity index (χ0) is 20.6. The molecule has 2 fully saturated rings. The minimum atomic E-state index is -1.26. The van der Waals surface area contributed by atoms with E-state index in [-0.39, 0.29) is 6.61 Å². The van der Waals surface area contributed by atoms with E-state index >= 15 is 0 Å². The minimum Gasteiger partial charge on any atom is -0.394 e. The lowest BCUT2D eigenvalue weighted by molar-refractivity contribution is -0.436. The number of benzene rings is 2. The summed E-state index contributed by atoms with van der Waals surface area (Å²) in [5.74, 6) is 0. The number of hydrogen-bond acceptors (Lipinski definition) is 6. The third-order valence-corrected chi connectivity index (χ3v) is 6.27. The van der Waals surface area contributed by atoms with Gasteiger partial charge in [-0.05, 0) is 26.0 Å². The summed E-state index contributed by atoms with van der Waals surface area (Å²) in [6.45, 7) is 3.33. The molecule has 2 heterocycles. The van der Waals surface area contributed by atoms with E-state index in [4.69, 9.17) is 30.5 Å². The van der Waals surface area contributed by atoms with Crippen LogP contribution in [0.2, 0.25) is 5.02 Å². The van der Waals surface area contributed by atoms with Gasteiger partial charge in [0.05, 0.1) is 13.2 Å². The summed E-state index contributed by atoms with van der Waals surface area (Å²) < 4.78 is 24.7. The molecule has 2 unspecified atom stereocenters. The fourth-order valence-corrected chi connectivity index (χ4v) is 4.04. The molecule has 6 nitrogen and oxygen atoms in total. The largest absolute Gasteiger partial charge is 0.394 e. The molecule has 7 heteroatoms. The number of halogens is 1. The summed E-state index contributed by atoms with van der Waals surface area (Å²) >= 11 is 5.99. The standard InChI is InChI=1S/C22H25ClO6/c1-21(17(25)12-24)22(2)18(13-26-19(28-22)14-6-4-3-5-7-14)27-20(29-21)15-8-10-16(23)11-9-15/h3-11,17-20,24-25H,12-13H2,1-2H3/t17-,18+,19?,20?,21-,22-/m1/s1. The fourth-order valence-electron chi connectivity index (χ4n) is 3.91.